The van der Waals surface area contributed by atoms with Crippen LogP contribution < -0.4 is 0 Å². The summed E-state index contributed by atoms with van der Waals surface area (Å²) >= 11 is 0. The number of nitrogens with zero attached hydrogens (tertiary/aromatic N) is 2. The van der Waals surface area contributed by atoms with Crippen LogP contribution in [0.15, 0.2) is 0 Å². The first-order valence-corrected chi connectivity index (χ1v) is 6.74. The van der Waals surface area contributed by atoms with Gasteiger partial charge in [0.1, 0.15) is 0 Å². The Hall–Kier alpha value is -1.26. The average Bonchev–Trinajstić information content (AvgIpc) is 2.34. The molecule has 1 atom stereocenters. The number of aliphatic carboxylic acids is 1. The molecular weight excluding hydrogens is 232 g/mol. The molecule has 1 unspecified atom stereocenters. The molecule has 1 N–H and O–H groups in total. The maximum absolute atomic E-state index is 12.3. The topological polar surface area (TPSA) is 60.9 Å². The number of carboxylic acid groups (broad SMARTS) is 1. The third-order valence-corrected chi connectivity index (χ3v) is 2.83. The van der Waals surface area contributed by atoms with Crippen molar-refractivity contribution in [3.63, 3.8) is 0 Å². The third kappa shape index (κ3) is 5.38. The molecule has 0 aromatic heterocycles. The summed E-state index contributed by atoms with van der Waals surface area (Å²) < 4.78 is 0. The summed E-state index contributed by atoms with van der Waals surface area (Å²) in [6, 6.07) is -0.0469. The molecule has 18 heavy (non-hydrogen) atoms. The summed E-state index contributed by atoms with van der Waals surface area (Å²) in [6.45, 7) is 9.84. The number of hydrogen-bond donors (Lipinski definition) is 1. The van der Waals surface area contributed by atoms with E-state index >= 15 is 0 Å². The van der Waals surface area contributed by atoms with Gasteiger partial charge in [-0.25, -0.2) is 4.79 Å². The van der Waals surface area contributed by atoms with E-state index in [2.05, 4.69) is 0 Å². The molecule has 0 rings (SSSR count). The lowest BCUT2D eigenvalue weighted by atomic mass is 10.2. The highest BCUT2D eigenvalue weighted by atomic mass is 16.4. The lowest BCUT2D eigenvalue weighted by Crippen LogP contribution is -2.46. The number of rotatable bonds is 8. The fourth-order valence-corrected chi connectivity index (χ4v) is 1.79. The van der Waals surface area contributed by atoms with E-state index in [1.807, 2.05) is 20.8 Å². The molecule has 0 aliphatic heterocycles. The summed E-state index contributed by atoms with van der Waals surface area (Å²) in [5.41, 5.74) is 0. The number of hydrogen-bond acceptors (Lipinski definition) is 2. The highest BCUT2D eigenvalue weighted by Crippen LogP contribution is 2.06. The van der Waals surface area contributed by atoms with Crippen LogP contribution in [0.25, 0.3) is 0 Å². The fourth-order valence-electron chi connectivity index (χ4n) is 1.79. The van der Waals surface area contributed by atoms with Gasteiger partial charge in [-0.05, 0) is 19.8 Å². The molecule has 5 nitrogen and oxygen atoms in total. The van der Waals surface area contributed by atoms with Gasteiger partial charge in [-0.15, -0.1) is 0 Å². The zero-order valence-corrected chi connectivity index (χ0v) is 12.0. The van der Waals surface area contributed by atoms with Gasteiger partial charge in [-0.3, -0.25) is 4.79 Å². The second-order valence-electron chi connectivity index (χ2n) is 4.55. The Balaban J connectivity index is 4.60. The largest absolute Gasteiger partial charge is 0.481 e. The molecule has 2 amide bonds. The zero-order valence-electron chi connectivity index (χ0n) is 12.0. The van der Waals surface area contributed by atoms with Crippen molar-refractivity contribution in [2.24, 2.45) is 5.92 Å². The summed E-state index contributed by atoms with van der Waals surface area (Å²) in [7, 11) is 0. The number of amides is 2. The van der Waals surface area contributed by atoms with E-state index < -0.39 is 11.9 Å². The minimum absolute atomic E-state index is 0.0469. The molecular formula is C13H26N2O3. The number of carboxylic acids is 1. The highest BCUT2D eigenvalue weighted by molar-refractivity contribution is 5.76. The van der Waals surface area contributed by atoms with Crippen LogP contribution in [-0.2, 0) is 4.79 Å². The molecule has 0 aliphatic carbocycles. The van der Waals surface area contributed by atoms with Crippen molar-refractivity contribution in [2.45, 2.75) is 40.5 Å². The van der Waals surface area contributed by atoms with Crippen molar-refractivity contribution in [2.75, 3.05) is 26.2 Å². The van der Waals surface area contributed by atoms with Crippen molar-refractivity contribution in [3.05, 3.63) is 0 Å². The molecule has 0 saturated heterocycles. The minimum atomic E-state index is -0.862. The third-order valence-electron chi connectivity index (χ3n) is 2.83. The Bertz CT molecular complexity index is 263. The van der Waals surface area contributed by atoms with E-state index in [4.69, 9.17) is 5.11 Å². The van der Waals surface area contributed by atoms with Crippen LogP contribution in [0.2, 0.25) is 0 Å². The maximum atomic E-state index is 12.3. The molecule has 0 aliphatic rings. The van der Waals surface area contributed by atoms with Crippen LogP contribution in [-0.4, -0.2) is 53.1 Å². The Morgan fingerprint density at radius 2 is 1.56 bits per heavy atom. The van der Waals surface area contributed by atoms with Crippen LogP contribution in [0, 0.1) is 5.92 Å². The van der Waals surface area contributed by atoms with Gasteiger partial charge in [0.25, 0.3) is 0 Å². The van der Waals surface area contributed by atoms with E-state index in [1.54, 1.807) is 16.7 Å². The summed E-state index contributed by atoms with van der Waals surface area (Å²) in [5, 5.41) is 8.90. The van der Waals surface area contributed by atoms with Gasteiger partial charge in [-0.2, -0.15) is 0 Å². The van der Waals surface area contributed by atoms with E-state index in [1.165, 1.54) is 0 Å². The Morgan fingerprint density at radius 3 is 1.89 bits per heavy atom. The monoisotopic (exact) mass is 258 g/mol. The quantitative estimate of drug-likeness (QED) is 0.726. The fraction of sp³-hybridized carbons (Fsp3) is 0.846. The minimum Gasteiger partial charge on any atom is -0.481 e. The van der Waals surface area contributed by atoms with Crippen LogP contribution >= 0.6 is 0 Å². The second kappa shape index (κ2) is 8.78. The molecule has 0 bridgehead atoms. The number of urea groups is 1. The molecule has 0 aromatic carbocycles. The van der Waals surface area contributed by atoms with Crippen molar-refractivity contribution >= 4 is 12.0 Å². The lowest BCUT2D eigenvalue weighted by molar-refractivity contribution is -0.141. The molecule has 0 heterocycles. The van der Waals surface area contributed by atoms with E-state index in [0.29, 0.717) is 6.54 Å². The van der Waals surface area contributed by atoms with Gasteiger partial charge in [0, 0.05) is 26.2 Å². The van der Waals surface area contributed by atoms with Gasteiger partial charge >= 0.3 is 12.0 Å². The van der Waals surface area contributed by atoms with Crippen molar-refractivity contribution in [1.29, 1.82) is 0 Å². The van der Waals surface area contributed by atoms with Crippen molar-refractivity contribution in [3.8, 4) is 0 Å². The summed E-state index contributed by atoms with van der Waals surface area (Å²) in [6.07, 6.45) is 1.83. The summed E-state index contributed by atoms with van der Waals surface area (Å²) in [5.74, 6) is -1.39. The standard InChI is InChI=1S/C13H26N2O3/c1-5-8-15(9-6-2)13(18)14(7-3)10-11(4)12(16)17/h11H,5-10H2,1-4H3,(H,16,17). The number of carbonyl (C=O) groups is 2. The second-order valence-corrected chi connectivity index (χ2v) is 4.55. The van der Waals surface area contributed by atoms with Gasteiger partial charge in [0.2, 0.25) is 0 Å². The molecule has 0 radical (unpaired) electrons. The average molecular weight is 258 g/mol. The number of carbonyl (C=O) groups excluding carboxylic acids is 1. The first-order chi connectivity index (χ1) is 8.47. The molecule has 0 fully saturated rings. The Labute approximate surface area is 110 Å². The Morgan fingerprint density at radius 1 is 1.06 bits per heavy atom. The lowest BCUT2D eigenvalue weighted by Gasteiger charge is -2.30. The maximum Gasteiger partial charge on any atom is 0.320 e. The van der Waals surface area contributed by atoms with Gasteiger partial charge in [0.15, 0.2) is 0 Å². The molecule has 0 saturated carbocycles. The SMILES string of the molecule is CCCN(CCC)C(=O)N(CC)CC(C)C(=O)O. The van der Waals surface area contributed by atoms with Gasteiger partial charge in [0.05, 0.1) is 5.92 Å². The highest BCUT2D eigenvalue weighted by Gasteiger charge is 2.22. The van der Waals surface area contributed by atoms with Crippen molar-refractivity contribution in [1.82, 2.24) is 9.80 Å². The van der Waals surface area contributed by atoms with Gasteiger partial charge < -0.3 is 14.9 Å². The van der Waals surface area contributed by atoms with E-state index in [0.717, 1.165) is 25.9 Å². The zero-order chi connectivity index (χ0) is 14.1. The Kier molecular flexibility index (Phi) is 8.16. The van der Waals surface area contributed by atoms with E-state index in [-0.39, 0.29) is 12.6 Å². The van der Waals surface area contributed by atoms with Crippen LogP contribution in [0.4, 0.5) is 4.79 Å². The van der Waals surface area contributed by atoms with Crippen LogP contribution in [0.1, 0.15) is 40.5 Å². The first-order valence-electron chi connectivity index (χ1n) is 6.74. The molecule has 0 aromatic rings. The molecule has 5 heteroatoms. The van der Waals surface area contributed by atoms with E-state index in [9.17, 15) is 9.59 Å². The smallest absolute Gasteiger partial charge is 0.320 e. The summed E-state index contributed by atoms with van der Waals surface area (Å²) in [4.78, 5) is 26.5. The van der Waals surface area contributed by atoms with Crippen LogP contribution in [0.3, 0.4) is 0 Å². The molecule has 106 valence electrons. The van der Waals surface area contributed by atoms with Crippen molar-refractivity contribution < 1.29 is 14.7 Å². The predicted octanol–water partition coefficient (Wildman–Crippen LogP) is 2.27. The van der Waals surface area contributed by atoms with Crippen LogP contribution in [0.5, 0.6) is 0 Å². The predicted molar refractivity (Wildman–Crippen MR) is 71.6 cm³/mol. The molecule has 0 spiro atoms. The normalized spacial score (nSPS) is 12.0. The first kappa shape index (κ1) is 16.7. The van der Waals surface area contributed by atoms with Gasteiger partial charge in [-0.1, -0.05) is 20.8 Å².